The predicted molar refractivity (Wildman–Crippen MR) is 62.6 cm³/mol. The summed E-state index contributed by atoms with van der Waals surface area (Å²) in [6, 6.07) is 3.52. The molecule has 0 fully saturated rings. The summed E-state index contributed by atoms with van der Waals surface area (Å²) in [6.07, 6.45) is 4.73. The minimum Gasteiger partial charge on any atom is -0.364 e. The molecule has 0 atom stereocenters. The third-order valence-corrected chi connectivity index (χ3v) is 2.98. The predicted octanol–water partition coefficient (Wildman–Crippen LogP) is 1.64. The van der Waals surface area contributed by atoms with Crippen LogP contribution in [0.4, 0.5) is 5.82 Å². The van der Waals surface area contributed by atoms with Crippen LogP contribution in [-0.2, 0) is 13.0 Å². The molecule has 0 spiro atoms. The highest BCUT2D eigenvalue weighted by molar-refractivity contribution is 5.39. The zero-order chi connectivity index (χ0) is 10.8. The van der Waals surface area contributed by atoms with Crippen molar-refractivity contribution in [2.45, 2.75) is 32.2 Å². The topological polar surface area (TPSA) is 25.2 Å². The first-order valence-electron chi connectivity index (χ1n) is 5.59. The van der Waals surface area contributed by atoms with Crippen molar-refractivity contribution in [2.24, 2.45) is 0 Å². The zero-order valence-corrected chi connectivity index (χ0v) is 9.49. The van der Waals surface area contributed by atoms with Gasteiger partial charge in [0.05, 0.1) is 0 Å². The molecular weight excluding hydrogens is 188 g/mol. The van der Waals surface area contributed by atoms with Gasteiger partial charge in [0, 0.05) is 38.5 Å². The minimum absolute atomic E-state index is 0.131. The standard InChI is InChI=1S/C12H18N2O/c1-13(2)12-9-11(15)8-10-6-4-3-5-7-14(10)12/h8-9H,3-7H2,1-2H3. The molecule has 1 aromatic rings. The Kier molecular flexibility index (Phi) is 2.80. The molecule has 0 N–H and O–H groups in total. The van der Waals surface area contributed by atoms with Crippen LogP contribution >= 0.6 is 0 Å². The third-order valence-electron chi connectivity index (χ3n) is 2.98. The SMILES string of the molecule is CN(C)c1cc(=O)cc2n1CCCCC2. The number of rotatable bonds is 1. The average Bonchev–Trinajstić information content (AvgIpc) is 2.41. The molecule has 0 amide bonds. The molecule has 0 unspecified atom stereocenters. The number of anilines is 1. The monoisotopic (exact) mass is 206 g/mol. The second-order valence-electron chi connectivity index (χ2n) is 4.40. The van der Waals surface area contributed by atoms with E-state index in [1.54, 1.807) is 12.1 Å². The van der Waals surface area contributed by atoms with Gasteiger partial charge in [0.2, 0.25) is 0 Å². The maximum absolute atomic E-state index is 11.5. The van der Waals surface area contributed by atoms with E-state index in [1.165, 1.54) is 25.0 Å². The Morgan fingerprint density at radius 2 is 2.00 bits per heavy atom. The first-order valence-corrected chi connectivity index (χ1v) is 5.59. The highest BCUT2D eigenvalue weighted by Gasteiger charge is 2.11. The van der Waals surface area contributed by atoms with Gasteiger partial charge in [0.25, 0.3) is 0 Å². The van der Waals surface area contributed by atoms with Crippen molar-refractivity contribution < 1.29 is 0 Å². The van der Waals surface area contributed by atoms with E-state index in [-0.39, 0.29) is 5.43 Å². The van der Waals surface area contributed by atoms with Crippen molar-refractivity contribution in [3.8, 4) is 0 Å². The lowest BCUT2D eigenvalue weighted by molar-refractivity contribution is 0.629. The lowest BCUT2D eigenvalue weighted by Gasteiger charge is -2.21. The fourth-order valence-electron chi connectivity index (χ4n) is 2.22. The van der Waals surface area contributed by atoms with E-state index < -0.39 is 0 Å². The van der Waals surface area contributed by atoms with E-state index in [0.717, 1.165) is 18.8 Å². The molecule has 82 valence electrons. The summed E-state index contributed by atoms with van der Waals surface area (Å²) in [6.45, 7) is 1.04. The first kappa shape index (κ1) is 10.3. The fourth-order valence-corrected chi connectivity index (χ4v) is 2.22. The van der Waals surface area contributed by atoms with Crippen molar-refractivity contribution in [2.75, 3.05) is 19.0 Å². The highest BCUT2D eigenvalue weighted by Crippen LogP contribution is 2.19. The molecule has 0 saturated heterocycles. The summed E-state index contributed by atoms with van der Waals surface area (Å²) in [4.78, 5) is 13.6. The maximum atomic E-state index is 11.5. The Bertz CT molecular complexity index is 407. The van der Waals surface area contributed by atoms with Gasteiger partial charge in [-0.1, -0.05) is 6.42 Å². The van der Waals surface area contributed by atoms with Crippen LogP contribution < -0.4 is 10.3 Å². The van der Waals surface area contributed by atoms with Crippen molar-refractivity contribution in [1.82, 2.24) is 4.57 Å². The molecular formula is C12H18N2O. The van der Waals surface area contributed by atoms with E-state index in [1.807, 2.05) is 19.0 Å². The molecule has 1 aliphatic heterocycles. The Morgan fingerprint density at radius 3 is 2.73 bits per heavy atom. The van der Waals surface area contributed by atoms with Gasteiger partial charge < -0.3 is 9.47 Å². The van der Waals surface area contributed by atoms with Crippen LogP contribution in [0.1, 0.15) is 25.0 Å². The molecule has 0 bridgehead atoms. The number of nitrogens with zero attached hydrogens (tertiary/aromatic N) is 2. The number of pyridine rings is 1. The Labute approximate surface area is 90.3 Å². The van der Waals surface area contributed by atoms with E-state index >= 15 is 0 Å². The Hall–Kier alpha value is -1.25. The van der Waals surface area contributed by atoms with E-state index in [0.29, 0.717) is 0 Å². The smallest absolute Gasteiger partial charge is 0.183 e. The summed E-state index contributed by atoms with van der Waals surface area (Å²) >= 11 is 0. The Balaban J connectivity index is 2.55. The third kappa shape index (κ3) is 2.06. The number of hydrogen-bond acceptors (Lipinski definition) is 2. The van der Waals surface area contributed by atoms with Crippen molar-refractivity contribution in [3.63, 3.8) is 0 Å². The molecule has 2 heterocycles. The number of aryl methyl sites for hydroxylation is 1. The molecule has 0 aromatic carbocycles. The second-order valence-corrected chi connectivity index (χ2v) is 4.40. The van der Waals surface area contributed by atoms with Gasteiger partial charge in [-0.15, -0.1) is 0 Å². The summed E-state index contributed by atoms with van der Waals surface area (Å²) in [5.41, 5.74) is 1.33. The normalized spacial score (nSPS) is 15.6. The van der Waals surface area contributed by atoms with Crippen LogP contribution in [-0.4, -0.2) is 18.7 Å². The quantitative estimate of drug-likeness (QED) is 0.698. The van der Waals surface area contributed by atoms with Gasteiger partial charge in [-0.25, -0.2) is 0 Å². The molecule has 1 aliphatic rings. The van der Waals surface area contributed by atoms with Crippen LogP contribution in [0.25, 0.3) is 0 Å². The van der Waals surface area contributed by atoms with Gasteiger partial charge in [0.15, 0.2) is 5.43 Å². The maximum Gasteiger partial charge on any atom is 0.183 e. The van der Waals surface area contributed by atoms with Gasteiger partial charge in [0.1, 0.15) is 5.82 Å². The zero-order valence-electron chi connectivity index (χ0n) is 9.49. The molecule has 0 radical (unpaired) electrons. The van der Waals surface area contributed by atoms with Crippen molar-refractivity contribution >= 4 is 5.82 Å². The lowest BCUT2D eigenvalue weighted by atomic mass is 10.2. The molecule has 3 nitrogen and oxygen atoms in total. The summed E-state index contributed by atoms with van der Waals surface area (Å²) in [5, 5.41) is 0. The number of aromatic nitrogens is 1. The molecule has 0 saturated carbocycles. The molecule has 15 heavy (non-hydrogen) atoms. The largest absolute Gasteiger partial charge is 0.364 e. The molecule has 1 aromatic heterocycles. The van der Waals surface area contributed by atoms with Crippen LogP contribution in [0.3, 0.4) is 0 Å². The molecule has 0 aliphatic carbocycles. The first-order chi connectivity index (χ1) is 7.18. The summed E-state index contributed by atoms with van der Waals surface area (Å²) in [5.74, 6) is 1.04. The highest BCUT2D eigenvalue weighted by atomic mass is 16.1. The minimum atomic E-state index is 0.131. The van der Waals surface area contributed by atoms with Gasteiger partial charge >= 0.3 is 0 Å². The van der Waals surface area contributed by atoms with Gasteiger partial charge in [-0.2, -0.15) is 0 Å². The van der Waals surface area contributed by atoms with Crippen LogP contribution in [0, 0.1) is 0 Å². The van der Waals surface area contributed by atoms with Crippen LogP contribution in [0.15, 0.2) is 16.9 Å². The van der Waals surface area contributed by atoms with Crippen molar-refractivity contribution in [1.29, 1.82) is 0 Å². The Morgan fingerprint density at radius 1 is 1.20 bits per heavy atom. The summed E-state index contributed by atoms with van der Waals surface area (Å²) in [7, 11) is 3.99. The fraction of sp³-hybridized carbons (Fsp3) is 0.583. The van der Waals surface area contributed by atoms with Crippen molar-refractivity contribution in [3.05, 3.63) is 28.0 Å². The lowest BCUT2D eigenvalue weighted by Crippen LogP contribution is -2.21. The molecule has 3 heteroatoms. The van der Waals surface area contributed by atoms with Crippen LogP contribution in [0.2, 0.25) is 0 Å². The van der Waals surface area contributed by atoms with Gasteiger partial charge in [-0.05, 0) is 19.3 Å². The second kappa shape index (κ2) is 4.09. The number of hydrogen-bond donors (Lipinski definition) is 0. The summed E-state index contributed by atoms with van der Waals surface area (Å²) < 4.78 is 2.29. The number of fused-ring (bicyclic) bond motifs is 1. The van der Waals surface area contributed by atoms with E-state index in [2.05, 4.69) is 4.57 Å². The van der Waals surface area contributed by atoms with E-state index in [4.69, 9.17) is 0 Å². The average molecular weight is 206 g/mol. The van der Waals surface area contributed by atoms with Crippen LogP contribution in [0.5, 0.6) is 0 Å². The molecule has 2 rings (SSSR count). The van der Waals surface area contributed by atoms with E-state index in [9.17, 15) is 4.79 Å². The van der Waals surface area contributed by atoms with Gasteiger partial charge in [-0.3, -0.25) is 4.79 Å².